The minimum atomic E-state index is -0.208. The van der Waals surface area contributed by atoms with Crippen molar-refractivity contribution in [2.24, 2.45) is 11.8 Å². The van der Waals surface area contributed by atoms with Crippen LogP contribution in [0.15, 0.2) is 18.2 Å². The third kappa shape index (κ3) is 1.64. The highest BCUT2D eigenvalue weighted by atomic mass is 35.5. The Kier molecular flexibility index (Phi) is 3.08. The van der Waals surface area contributed by atoms with Crippen molar-refractivity contribution in [1.82, 2.24) is 5.32 Å². The zero-order chi connectivity index (χ0) is 11.3. The molecule has 2 fully saturated rings. The topological polar surface area (TPSA) is 38.0 Å². The fourth-order valence-corrected chi connectivity index (χ4v) is 3.69. The lowest BCUT2D eigenvalue weighted by Gasteiger charge is -2.20. The molecular formula is C13H18ClFN2. The quantitative estimate of drug-likeness (QED) is 0.797. The summed E-state index contributed by atoms with van der Waals surface area (Å²) in [4.78, 5) is 0. The van der Waals surface area contributed by atoms with Gasteiger partial charge in [-0.2, -0.15) is 0 Å². The first-order valence-electron chi connectivity index (χ1n) is 5.95. The van der Waals surface area contributed by atoms with E-state index in [1.54, 1.807) is 6.07 Å². The second kappa shape index (κ2) is 4.14. The number of benzene rings is 1. The molecule has 1 heterocycles. The monoisotopic (exact) mass is 256 g/mol. The molecule has 3 rings (SSSR count). The maximum Gasteiger partial charge on any atom is 0.125 e. The third-order valence-corrected chi connectivity index (χ3v) is 4.47. The van der Waals surface area contributed by atoms with Gasteiger partial charge in [0.2, 0.25) is 0 Å². The van der Waals surface area contributed by atoms with Crippen molar-refractivity contribution in [3.8, 4) is 0 Å². The van der Waals surface area contributed by atoms with Crippen LogP contribution in [0.2, 0.25) is 0 Å². The molecule has 2 nitrogen and oxygen atoms in total. The fraction of sp³-hybridized carbons (Fsp3) is 0.538. The maximum atomic E-state index is 13.4. The second-order valence-electron chi connectivity index (χ2n) is 5.04. The normalized spacial score (nSPS) is 34.0. The zero-order valence-electron chi connectivity index (χ0n) is 9.87. The summed E-state index contributed by atoms with van der Waals surface area (Å²) in [6.45, 7) is 4.32. The van der Waals surface area contributed by atoms with Gasteiger partial charge in [0.05, 0.1) is 0 Å². The van der Waals surface area contributed by atoms with Gasteiger partial charge in [-0.1, -0.05) is 6.92 Å². The largest absolute Gasteiger partial charge is 0.399 e. The molecule has 0 amide bonds. The van der Waals surface area contributed by atoms with Crippen LogP contribution >= 0.6 is 12.4 Å². The molecule has 3 N–H and O–H groups in total. The molecule has 0 bridgehead atoms. The Hall–Kier alpha value is -0.800. The van der Waals surface area contributed by atoms with Gasteiger partial charge in [-0.3, -0.25) is 0 Å². The molecule has 1 saturated heterocycles. The van der Waals surface area contributed by atoms with Crippen LogP contribution in [0.5, 0.6) is 0 Å². The predicted octanol–water partition coefficient (Wildman–Crippen LogP) is 2.33. The van der Waals surface area contributed by atoms with E-state index in [1.165, 1.54) is 6.07 Å². The molecule has 2 aliphatic rings. The molecule has 3 atom stereocenters. The summed E-state index contributed by atoms with van der Waals surface area (Å²) in [6, 6.07) is 5.01. The van der Waals surface area contributed by atoms with E-state index >= 15 is 0 Å². The van der Waals surface area contributed by atoms with Crippen molar-refractivity contribution in [2.45, 2.75) is 18.8 Å². The molecule has 0 aromatic heterocycles. The van der Waals surface area contributed by atoms with Gasteiger partial charge in [0.15, 0.2) is 0 Å². The van der Waals surface area contributed by atoms with Crippen LogP contribution in [0, 0.1) is 17.7 Å². The first-order chi connectivity index (χ1) is 7.68. The number of fused-ring (bicyclic) bond motifs is 1. The molecule has 17 heavy (non-hydrogen) atoms. The van der Waals surface area contributed by atoms with Gasteiger partial charge in [0, 0.05) is 11.1 Å². The van der Waals surface area contributed by atoms with Crippen LogP contribution in [0.1, 0.15) is 18.9 Å². The molecule has 0 spiro atoms. The van der Waals surface area contributed by atoms with Crippen LogP contribution in [0.25, 0.3) is 0 Å². The van der Waals surface area contributed by atoms with Gasteiger partial charge in [0.25, 0.3) is 0 Å². The molecule has 1 aromatic carbocycles. The van der Waals surface area contributed by atoms with Crippen LogP contribution in [0.3, 0.4) is 0 Å². The summed E-state index contributed by atoms with van der Waals surface area (Å²) in [5.74, 6) is 1.15. The highest BCUT2D eigenvalue weighted by Crippen LogP contribution is 2.63. The Labute approximate surface area is 107 Å². The Morgan fingerprint density at radius 1 is 1.35 bits per heavy atom. The van der Waals surface area contributed by atoms with Gasteiger partial charge in [-0.15, -0.1) is 12.4 Å². The van der Waals surface area contributed by atoms with Crippen LogP contribution in [-0.4, -0.2) is 13.1 Å². The SMILES string of the molecule is CCC1(c2cc(N)cc(F)c2)[C@@H]2CNC[C@@H]21.Cl. The average Bonchev–Trinajstić information content (AvgIpc) is 2.62. The number of piperidine rings is 1. The molecule has 1 saturated carbocycles. The highest BCUT2D eigenvalue weighted by Gasteiger charge is 2.65. The number of nitrogens with two attached hydrogens (primary N) is 1. The van der Waals surface area contributed by atoms with E-state index in [0.29, 0.717) is 17.5 Å². The number of nitrogens with one attached hydrogen (secondary N) is 1. The summed E-state index contributed by atoms with van der Waals surface area (Å²) in [6.07, 6.45) is 1.08. The van der Waals surface area contributed by atoms with E-state index in [-0.39, 0.29) is 23.6 Å². The van der Waals surface area contributed by atoms with Crippen LogP contribution in [-0.2, 0) is 5.41 Å². The molecule has 1 unspecified atom stereocenters. The van der Waals surface area contributed by atoms with Crippen molar-refractivity contribution in [2.75, 3.05) is 18.8 Å². The first-order valence-corrected chi connectivity index (χ1v) is 5.95. The Balaban J connectivity index is 0.00000108. The van der Waals surface area contributed by atoms with Gasteiger partial charge in [-0.25, -0.2) is 4.39 Å². The van der Waals surface area contributed by atoms with Gasteiger partial charge in [-0.05, 0) is 55.1 Å². The molecule has 4 heteroatoms. The van der Waals surface area contributed by atoms with E-state index in [1.807, 2.05) is 6.07 Å². The zero-order valence-corrected chi connectivity index (χ0v) is 10.7. The lowest BCUT2D eigenvalue weighted by atomic mass is 9.87. The third-order valence-electron chi connectivity index (χ3n) is 4.47. The van der Waals surface area contributed by atoms with Gasteiger partial charge >= 0.3 is 0 Å². The van der Waals surface area contributed by atoms with E-state index in [2.05, 4.69) is 12.2 Å². The maximum absolute atomic E-state index is 13.4. The number of nitrogen functional groups attached to an aromatic ring is 1. The number of rotatable bonds is 2. The molecule has 0 radical (unpaired) electrons. The van der Waals surface area contributed by atoms with E-state index < -0.39 is 0 Å². The van der Waals surface area contributed by atoms with E-state index in [9.17, 15) is 4.39 Å². The number of halogens is 2. The second-order valence-corrected chi connectivity index (χ2v) is 5.04. The smallest absolute Gasteiger partial charge is 0.125 e. The Morgan fingerprint density at radius 3 is 2.53 bits per heavy atom. The summed E-state index contributed by atoms with van der Waals surface area (Å²) in [7, 11) is 0. The average molecular weight is 257 g/mol. The van der Waals surface area contributed by atoms with Crippen molar-refractivity contribution >= 4 is 18.1 Å². The lowest BCUT2D eigenvalue weighted by Crippen LogP contribution is -2.25. The molecule has 1 aromatic rings. The summed E-state index contributed by atoms with van der Waals surface area (Å²) in [5, 5.41) is 3.38. The van der Waals surface area contributed by atoms with Gasteiger partial charge in [0.1, 0.15) is 5.82 Å². The van der Waals surface area contributed by atoms with E-state index in [4.69, 9.17) is 5.73 Å². The first kappa shape index (κ1) is 12.7. The lowest BCUT2D eigenvalue weighted by molar-refractivity contribution is 0.498. The van der Waals surface area contributed by atoms with Crippen molar-refractivity contribution in [3.63, 3.8) is 0 Å². The fourth-order valence-electron chi connectivity index (χ4n) is 3.69. The van der Waals surface area contributed by atoms with Crippen molar-refractivity contribution < 1.29 is 4.39 Å². The van der Waals surface area contributed by atoms with E-state index in [0.717, 1.165) is 25.1 Å². The van der Waals surface area contributed by atoms with Crippen LogP contribution < -0.4 is 11.1 Å². The van der Waals surface area contributed by atoms with Crippen molar-refractivity contribution in [1.29, 1.82) is 0 Å². The Bertz CT molecular complexity index is 405. The summed E-state index contributed by atoms with van der Waals surface area (Å²) < 4.78 is 13.4. The molecular weight excluding hydrogens is 239 g/mol. The Morgan fingerprint density at radius 2 is 2.00 bits per heavy atom. The number of hydrogen-bond acceptors (Lipinski definition) is 2. The number of hydrogen-bond donors (Lipinski definition) is 2. The summed E-state index contributed by atoms with van der Waals surface area (Å²) >= 11 is 0. The summed E-state index contributed by atoms with van der Waals surface area (Å²) in [5.41, 5.74) is 7.57. The van der Waals surface area contributed by atoms with Crippen LogP contribution in [0.4, 0.5) is 10.1 Å². The standard InChI is InChI=1S/C13H17FN2.ClH/c1-2-13(11-6-16-7-12(11)13)8-3-9(14)5-10(15)4-8;/h3-5,11-12,16H,2,6-7,15H2,1H3;1H/t11-,12+,13?;. The molecule has 1 aliphatic heterocycles. The highest BCUT2D eigenvalue weighted by molar-refractivity contribution is 5.85. The minimum absolute atomic E-state index is 0. The molecule has 94 valence electrons. The predicted molar refractivity (Wildman–Crippen MR) is 69.9 cm³/mol. The molecule has 1 aliphatic carbocycles. The van der Waals surface area contributed by atoms with Crippen molar-refractivity contribution in [3.05, 3.63) is 29.6 Å². The number of anilines is 1. The van der Waals surface area contributed by atoms with Gasteiger partial charge < -0.3 is 11.1 Å². The minimum Gasteiger partial charge on any atom is -0.399 e.